The summed E-state index contributed by atoms with van der Waals surface area (Å²) in [7, 11) is 2.26. The molecule has 3 rings (SSSR count). The first-order chi connectivity index (χ1) is 9.49. The van der Waals surface area contributed by atoms with Gasteiger partial charge < -0.3 is 5.73 Å². The molecule has 3 aliphatic heterocycles. The molecule has 2 N–H and O–H groups in total. The first-order valence-electron chi connectivity index (χ1n) is 8.40. The van der Waals surface area contributed by atoms with Crippen molar-refractivity contribution in [2.45, 2.75) is 56.7 Å². The molecule has 2 unspecified atom stereocenters. The van der Waals surface area contributed by atoms with Crippen LogP contribution < -0.4 is 5.73 Å². The average molecular weight is 280 g/mol. The van der Waals surface area contributed by atoms with Gasteiger partial charge in [-0.1, -0.05) is 6.42 Å². The highest BCUT2D eigenvalue weighted by Gasteiger charge is 2.52. The van der Waals surface area contributed by atoms with Crippen LogP contribution in [0.4, 0.5) is 0 Å². The summed E-state index contributed by atoms with van der Waals surface area (Å²) in [5, 5.41) is 0. The lowest BCUT2D eigenvalue weighted by Crippen LogP contribution is -2.69. The van der Waals surface area contributed by atoms with Crippen molar-refractivity contribution in [3.8, 4) is 0 Å². The molecule has 0 bridgehead atoms. The molecule has 0 aromatic carbocycles. The van der Waals surface area contributed by atoms with Crippen LogP contribution in [-0.2, 0) is 0 Å². The third kappa shape index (κ3) is 2.21. The van der Waals surface area contributed by atoms with Crippen LogP contribution in [0.2, 0.25) is 0 Å². The maximum atomic E-state index is 6.35. The van der Waals surface area contributed by atoms with Gasteiger partial charge in [0.15, 0.2) is 0 Å². The Morgan fingerprint density at radius 3 is 2.60 bits per heavy atom. The topological polar surface area (TPSA) is 35.7 Å². The maximum absolute atomic E-state index is 6.35. The first-order valence-corrected chi connectivity index (χ1v) is 8.40. The first kappa shape index (κ1) is 14.8. The molecular weight excluding hydrogens is 248 g/mol. The van der Waals surface area contributed by atoms with Gasteiger partial charge >= 0.3 is 0 Å². The smallest absolute Gasteiger partial charge is 0.0500 e. The Kier molecular flexibility index (Phi) is 3.87. The second-order valence-corrected chi connectivity index (χ2v) is 7.76. The zero-order chi connectivity index (χ0) is 14.4. The Labute approximate surface area is 124 Å². The van der Waals surface area contributed by atoms with Gasteiger partial charge in [-0.25, -0.2) is 0 Å². The van der Waals surface area contributed by atoms with Crippen molar-refractivity contribution in [1.82, 2.24) is 14.7 Å². The number of hydrogen-bond acceptors (Lipinski definition) is 4. The van der Waals surface area contributed by atoms with Crippen LogP contribution in [0, 0.1) is 0 Å². The molecule has 20 heavy (non-hydrogen) atoms. The molecule has 0 spiro atoms. The van der Waals surface area contributed by atoms with Crippen LogP contribution in [-0.4, -0.2) is 78.1 Å². The molecule has 0 saturated carbocycles. The zero-order valence-electron chi connectivity index (χ0n) is 13.6. The van der Waals surface area contributed by atoms with E-state index in [0.717, 1.165) is 13.1 Å². The second kappa shape index (κ2) is 5.24. The number of rotatable bonds is 2. The summed E-state index contributed by atoms with van der Waals surface area (Å²) in [5.74, 6) is 0. The quantitative estimate of drug-likeness (QED) is 0.817. The van der Waals surface area contributed by atoms with E-state index in [4.69, 9.17) is 5.73 Å². The van der Waals surface area contributed by atoms with Crippen molar-refractivity contribution in [1.29, 1.82) is 0 Å². The fourth-order valence-electron chi connectivity index (χ4n) is 4.73. The highest BCUT2D eigenvalue weighted by molar-refractivity contribution is 5.10. The number of hydrogen-bond donors (Lipinski definition) is 1. The molecule has 2 atom stereocenters. The molecule has 3 saturated heterocycles. The summed E-state index contributed by atoms with van der Waals surface area (Å²) in [5.41, 5.74) is 6.86. The Morgan fingerprint density at radius 2 is 1.90 bits per heavy atom. The summed E-state index contributed by atoms with van der Waals surface area (Å²) in [4.78, 5) is 7.98. The molecule has 4 nitrogen and oxygen atoms in total. The van der Waals surface area contributed by atoms with E-state index in [1.165, 1.54) is 51.9 Å². The average Bonchev–Trinajstić information content (AvgIpc) is 2.82. The molecule has 3 aliphatic rings. The minimum atomic E-state index is 0.249. The molecule has 3 fully saturated rings. The summed E-state index contributed by atoms with van der Waals surface area (Å²) in [6.45, 7) is 11.6. The lowest BCUT2D eigenvalue weighted by atomic mass is 9.81. The Hall–Kier alpha value is -0.160. The van der Waals surface area contributed by atoms with Crippen LogP contribution in [0.5, 0.6) is 0 Å². The lowest BCUT2D eigenvalue weighted by molar-refractivity contribution is -0.0407. The van der Waals surface area contributed by atoms with Gasteiger partial charge in [0, 0.05) is 49.8 Å². The van der Waals surface area contributed by atoms with Crippen LogP contribution in [0.25, 0.3) is 0 Å². The number of piperidine rings is 1. The van der Waals surface area contributed by atoms with Gasteiger partial charge in [-0.3, -0.25) is 14.7 Å². The van der Waals surface area contributed by atoms with Gasteiger partial charge in [0.05, 0.1) is 0 Å². The van der Waals surface area contributed by atoms with Crippen molar-refractivity contribution in [3.63, 3.8) is 0 Å². The second-order valence-electron chi connectivity index (χ2n) is 7.76. The van der Waals surface area contributed by atoms with Gasteiger partial charge in [-0.2, -0.15) is 0 Å². The summed E-state index contributed by atoms with van der Waals surface area (Å²) >= 11 is 0. The van der Waals surface area contributed by atoms with Crippen LogP contribution in [0.3, 0.4) is 0 Å². The minimum Gasteiger partial charge on any atom is -0.329 e. The summed E-state index contributed by atoms with van der Waals surface area (Å²) < 4.78 is 0. The normalized spacial score (nSPS) is 39.9. The highest BCUT2D eigenvalue weighted by atomic mass is 15.4. The molecular formula is C16H32N4. The number of nitrogens with zero attached hydrogens (tertiary/aromatic N) is 3. The predicted octanol–water partition coefficient (Wildman–Crippen LogP) is 0.968. The molecule has 0 aromatic heterocycles. The SMILES string of the molecule is CN1CCN(C2(CN)CCN3CCCCC32)CC1(C)C. The van der Waals surface area contributed by atoms with Gasteiger partial charge in [0.1, 0.15) is 0 Å². The van der Waals surface area contributed by atoms with Crippen molar-refractivity contribution in [3.05, 3.63) is 0 Å². The Bertz CT molecular complexity index is 356. The van der Waals surface area contributed by atoms with Gasteiger partial charge in [-0.15, -0.1) is 0 Å². The number of piperazine rings is 1. The Morgan fingerprint density at radius 1 is 1.10 bits per heavy atom. The highest BCUT2D eigenvalue weighted by Crippen LogP contribution is 2.40. The van der Waals surface area contributed by atoms with E-state index >= 15 is 0 Å². The zero-order valence-corrected chi connectivity index (χ0v) is 13.6. The monoisotopic (exact) mass is 280 g/mol. The summed E-state index contributed by atoms with van der Waals surface area (Å²) in [6.07, 6.45) is 5.39. The van der Waals surface area contributed by atoms with Crippen molar-refractivity contribution in [2.24, 2.45) is 5.73 Å². The van der Waals surface area contributed by atoms with Gasteiger partial charge in [0.2, 0.25) is 0 Å². The molecule has 4 heteroatoms. The number of fused-ring (bicyclic) bond motifs is 1. The third-order valence-electron chi connectivity index (χ3n) is 6.37. The third-order valence-corrected chi connectivity index (χ3v) is 6.37. The van der Waals surface area contributed by atoms with Gasteiger partial charge in [-0.05, 0) is 46.7 Å². The molecule has 0 aromatic rings. The van der Waals surface area contributed by atoms with E-state index in [-0.39, 0.29) is 11.1 Å². The van der Waals surface area contributed by atoms with E-state index in [9.17, 15) is 0 Å². The summed E-state index contributed by atoms with van der Waals surface area (Å²) in [6, 6.07) is 0.709. The van der Waals surface area contributed by atoms with Gasteiger partial charge in [0.25, 0.3) is 0 Å². The molecule has 3 heterocycles. The van der Waals surface area contributed by atoms with E-state index < -0.39 is 0 Å². The van der Waals surface area contributed by atoms with Crippen LogP contribution in [0.1, 0.15) is 39.5 Å². The lowest BCUT2D eigenvalue weighted by Gasteiger charge is -2.54. The van der Waals surface area contributed by atoms with Crippen molar-refractivity contribution < 1.29 is 0 Å². The molecule has 0 amide bonds. The molecule has 0 aliphatic carbocycles. The van der Waals surface area contributed by atoms with Crippen molar-refractivity contribution in [2.75, 3.05) is 46.3 Å². The predicted molar refractivity (Wildman–Crippen MR) is 83.9 cm³/mol. The minimum absolute atomic E-state index is 0.249. The number of nitrogens with two attached hydrogens (primary N) is 1. The van der Waals surface area contributed by atoms with Crippen molar-refractivity contribution >= 4 is 0 Å². The Balaban J connectivity index is 1.82. The van der Waals surface area contributed by atoms with E-state index in [1.807, 2.05) is 0 Å². The standard InChI is InChI=1S/C16H32N4/c1-15(2)13-20(11-10-18(15)3)16(12-17)7-9-19-8-5-4-6-14(16)19/h14H,4-13,17H2,1-3H3. The van der Waals surface area contributed by atoms with E-state index in [1.54, 1.807) is 0 Å². The number of likely N-dealkylation sites (N-methyl/N-ethyl adjacent to an activating group) is 1. The van der Waals surface area contributed by atoms with E-state index in [2.05, 4.69) is 35.6 Å². The molecule has 0 radical (unpaired) electrons. The largest absolute Gasteiger partial charge is 0.329 e. The van der Waals surface area contributed by atoms with E-state index in [0.29, 0.717) is 6.04 Å². The fraction of sp³-hybridized carbons (Fsp3) is 1.00. The van der Waals surface area contributed by atoms with Crippen LogP contribution in [0.15, 0.2) is 0 Å². The fourth-order valence-corrected chi connectivity index (χ4v) is 4.73. The molecule has 116 valence electrons. The van der Waals surface area contributed by atoms with Crippen LogP contribution >= 0.6 is 0 Å². The maximum Gasteiger partial charge on any atom is 0.0500 e.